The zero-order valence-corrected chi connectivity index (χ0v) is 20.3. The van der Waals surface area contributed by atoms with E-state index in [9.17, 15) is 22.8 Å². The van der Waals surface area contributed by atoms with Gasteiger partial charge in [0.1, 0.15) is 23.7 Å². The van der Waals surface area contributed by atoms with Gasteiger partial charge in [0.2, 0.25) is 5.91 Å². The number of carbonyl (C=O) groups is 2. The van der Waals surface area contributed by atoms with Crippen LogP contribution in [0.1, 0.15) is 49.1 Å². The predicted octanol–water partition coefficient (Wildman–Crippen LogP) is 5.13. The van der Waals surface area contributed by atoms with Gasteiger partial charge in [0, 0.05) is 29.3 Å². The number of aliphatic imine (C=N–C) groups is 1. The molecule has 1 saturated carbocycles. The zero-order chi connectivity index (χ0) is 26.2. The minimum Gasteiger partial charge on any atom is -0.325 e. The highest BCUT2D eigenvalue weighted by molar-refractivity contribution is 6.47. The van der Waals surface area contributed by atoms with Gasteiger partial charge in [-0.2, -0.15) is 13.2 Å². The molecular formula is C27H26F3N5O2. The fourth-order valence-corrected chi connectivity index (χ4v) is 5.09. The van der Waals surface area contributed by atoms with Crippen LogP contribution in [0.3, 0.4) is 0 Å². The molecule has 1 fully saturated rings. The topological polar surface area (TPSA) is 79.6 Å². The number of amides is 2. The van der Waals surface area contributed by atoms with Crippen molar-refractivity contribution in [2.75, 3.05) is 11.9 Å². The Labute approximate surface area is 212 Å². The molecule has 0 saturated heterocycles. The molecule has 1 N–H and O–H groups in total. The van der Waals surface area contributed by atoms with Crippen molar-refractivity contribution in [2.24, 2.45) is 4.99 Å². The van der Waals surface area contributed by atoms with Crippen LogP contribution in [0.2, 0.25) is 0 Å². The van der Waals surface area contributed by atoms with Crippen molar-refractivity contribution in [3.63, 3.8) is 0 Å². The van der Waals surface area contributed by atoms with Gasteiger partial charge in [-0.05, 0) is 62.9 Å². The van der Waals surface area contributed by atoms with E-state index in [1.165, 1.54) is 17.0 Å². The van der Waals surface area contributed by atoms with Crippen LogP contribution in [-0.2, 0) is 15.8 Å². The maximum absolute atomic E-state index is 13.6. The smallest absolute Gasteiger partial charge is 0.325 e. The van der Waals surface area contributed by atoms with Crippen molar-refractivity contribution in [2.45, 2.75) is 50.9 Å². The number of carbonyl (C=O) groups excluding carboxylic acids is 2. The number of halogens is 3. The van der Waals surface area contributed by atoms with Crippen molar-refractivity contribution < 1.29 is 22.8 Å². The maximum atomic E-state index is 13.6. The number of anilines is 1. The van der Waals surface area contributed by atoms with Gasteiger partial charge in [0.25, 0.3) is 5.91 Å². The SMILES string of the molecule is Cc1nccn1-c1ccc(C2=NC3(CCCCC3)N(CC(=O)Nc3cccc(C(F)(F)F)c3)C2=O)cc1. The standard InChI is InChI=1S/C27H26F3N5O2/c1-18-31-14-15-34(18)22-10-8-19(9-11-22)24-25(37)35(26(33-24)12-3-2-4-13-26)17-23(36)32-21-7-5-6-20(16-21)27(28,29)30/h5-11,14-16H,2-4,12-13,17H2,1H3,(H,32,36). The minimum absolute atomic E-state index is 0.0238. The summed E-state index contributed by atoms with van der Waals surface area (Å²) in [5.41, 5.74) is 0.187. The molecule has 1 spiro atoms. The third-order valence-corrected chi connectivity index (χ3v) is 6.94. The van der Waals surface area contributed by atoms with Crippen molar-refractivity contribution in [1.29, 1.82) is 0 Å². The quantitative estimate of drug-likeness (QED) is 0.518. The summed E-state index contributed by atoms with van der Waals surface area (Å²) < 4.78 is 41.1. The lowest BCUT2D eigenvalue weighted by molar-refractivity contribution is -0.137. The summed E-state index contributed by atoms with van der Waals surface area (Å²) in [6.45, 7) is 1.60. The molecule has 37 heavy (non-hydrogen) atoms. The molecule has 3 aromatic rings. The van der Waals surface area contributed by atoms with E-state index in [0.29, 0.717) is 24.1 Å². The Morgan fingerprint density at radius 3 is 2.46 bits per heavy atom. The van der Waals surface area contributed by atoms with E-state index in [4.69, 9.17) is 4.99 Å². The zero-order valence-electron chi connectivity index (χ0n) is 20.3. The van der Waals surface area contributed by atoms with Crippen molar-refractivity contribution in [1.82, 2.24) is 14.5 Å². The number of nitrogens with zero attached hydrogens (tertiary/aromatic N) is 4. The number of nitrogens with one attached hydrogen (secondary N) is 1. The predicted molar refractivity (Wildman–Crippen MR) is 132 cm³/mol. The molecule has 7 nitrogen and oxygen atoms in total. The van der Waals surface area contributed by atoms with Crippen LogP contribution in [0.25, 0.3) is 5.69 Å². The summed E-state index contributed by atoms with van der Waals surface area (Å²) in [5, 5.41) is 2.51. The molecule has 1 aromatic heterocycles. The van der Waals surface area contributed by atoms with Gasteiger partial charge < -0.3 is 14.8 Å². The van der Waals surface area contributed by atoms with Gasteiger partial charge in [0.05, 0.1) is 5.56 Å². The number of aromatic nitrogens is 2. The minimum atomic E-state index is -4.52. The molecule has 1 aliphatic heterocycles. The second kappa shape index (κ2) is 9.49. The summed E-state index contributed by atoms with van der Waals surface area (Å²) in [6, 6.07) is 11.9. The van der Waals surface area contributed by atoms with Gasteiger partial charge in [-0.1, -0.05) is 24.6 Å². The molecule has 5 rings (SSSR count). The number of rotatable bonds is 5. The average Bonchev–Trinajstić information content (AvgIpc) is 3.41. The van der Waals surface area contributed by atoms with E-state index in [1.807, 2.05) is 42.0 Å². The van der Waals surface area contributed by atoms with Crippen molar-refractivity contribution >= 4 is 23.2 Å². The highest BCUT2D eigenvalue weighted by atomic mass is 19.4. The molecule has 0 atom stereocenters. The summed E-state index contributed by atoms with van der Waals surface area (Å²) in [5.74, 6) is -0.0891. The van der Waals surface area contributed by atoms with Crippen LogP contribution in [0, 0.1) is 6.92 Å². The highest BCUT2D eigenvalue weighted by Gasteiger charge is 2.48. The first-order valence-corrected chi connectivity index (χ1v) is 12.2. The van der Waals surface area contributed by atoms with Gasteiger partial charge in [-0.25, -0.2) is 4.98 Å². The lowest BCUT2D eigenvalue weighted by atomic mass is 9.88. The van der Waals surface area contributed by atoms with Gasteiger partial charge in [-0.15, -0.1) is 0 Å². The van der Waals surface area contributed by atoms with Crippen LogP contribution in [0.15, 0.2) is 65.9 Å². The van der Waals surface area contributed by atoms with E-state index in [-0.39, 0.29) is 18.1 Å². The van der Waals surface area contributed by atoms with E-state index >= 15 is 0 Å². The Hall–Kier alpha value is -3.95. The molecule has 192 valence electrons. The molecule has 0 bridgehead atoms. The number of alkyl halides is 3. The Morgan fingerprint density at radius 2 is 1.81 bits per heavy atom. The third-order valence-electron chi connectivity index (χ3n) is 6.94. The largest absolute Gasteiger partial charge is 0.416 e. The van der Waals surface area contributed by atoms with Crippen LogP contribution in [-0.4, -0.2) is 44.2 Å². The van der Waals surface area contributed by atoms with Crippen LogP contribution < -0.4 is 5.32 Å². The molecule has 0 radical (unpaired) electrons. The lowest BCUT2D eigenvalue weighted by Crippen LogP contribution is -2.51. The monoisotopic (exact) mass is 509 g/mol. The van der Waals surface area contributed by atoms with Gasteiger partial charge >= 0.3 is 6.18 Å². The second-order valence-electron chi connectivity index (χ2n) is 9.41. The average molecular weight is 510 g/mol. The number of hydrogen-bond donors (Lipinski definition) is 1. The summed E-state index contributed by atoms with van der Waals surface area (Å²) in [4.78, 5) is 37.1. The van der Waals surface area contributed by atoms with E-state index in [2.05, 4.69) is 10.3 Å². The number of benzene rings is 2. The molecular weight excluding hydrogens is 483 g/mol. The Bertz CT molecular complexity index is 1350. The van der Waals surface area contributed by atoms with Crippen LogP contribution in [0.5, 0.6) is 0 Å². The Morgan fingerprint density at radius 1 is 1.08 bits per heavy atom. The molecule has 0 unspecified atom stereocenters. The first kappa shape index (κ1) is 24.7. The molecule has 2 aliphatic rings. The molecule has 10 heteroatoms. The normalized spacial score (nSPS) is 17.2. The number of imidazole rings is 1. The first-order chi connectivity index (χ1) is 17.7. The van der Waals surface area contributed by atoms with Gasteiger partial charge in [0.15, 0.2) is 0 Å². The van der Waals surface area contributed by atoms with Crippen LogP contribution >= 0.6 is 0 Å². The van der Waals surface area contributed by atoms with E-state index < -0.39 is 23.3 Å². The van der Waals surface area contributed by atoms with E-state index in [0.717, 1.165) is 42.9 Å². The van der Waals surface area contributed by atoms with Gasteiger partial charge in [-0.3, -0.25) is 14.6 Å². The number of hydrogen-bond acceptors (Lipinski definition) is 4. The first-order valence-electron chi connectivity index (χ1n) is 12.2. The third kappa shape index (κ3) is 4.87. The van der Waals surface area contributed by atoms with Crippen molar-refractivity contribution in [3.8, 4) is 5.69 Å². The lowest BCUT2D eigenvalue weighted by Gasteiger charge is -2.38. The Kier molecular flexibility index (Phi) is 6.35. The molecule has 2 heterocycles. The van der Waals surface area contributed by atoms with E-state index in [1.54, 1.807) is 6.20 Å². The van der Waals surface area contributed by atoms with Crippen LogP contribution in [0.4, 0.5) is 18.9 Å². The maximum Gasteiger partial charge on any atom is 0.416 e. The fourth-order valence-electron chi connectivity index (χ4n) is 5.09. The fraction of sp³-hybridized carbons (Fsp3) is 0.333. The summed E-state index contributed by atoms with van der Waals surface area (Å²) >= 11 is 0. The number of aryl methyl sites for hydroxylation is 1. The Balaban J connectivity index is 1.38. The molecule has 2 amide bonds. The highest BCUT2D eigenvalue weighted by Crippen LogP contribution is 2.39. The summed E-state index contributed by atoms with van der Waals surface area (Å²) in [7, 11) is 0. The molecule has 1 aliphatic carbocycles. The van der Waals surface area contributed by atoms with Crippen molar-refractivity contribution in [3.05, 3.63) is 77.9 Å². The molecule has 2 aromatic carbocycles. The second-order valence-corrected chi connectivity index (χ2v) is 9.41. The summed E-state index contributed by atoms with van der Waals surface area (Å²) in [6.07, 6.45) is 3.06.